The number of aldehydes is 1. The van der Waals surface area contributed by atoms with Crippen LogP contribution in [-0.4, -0.2) is 62.3 Å². The van der Waals surface area contributed by atoms with E-state index in [-0.39, 0.29) is 11.8 Å². The zero-order chi connectivity index (χ0) is 33.4. The first-order valence-electron chi connectivity index (χ1n) is 15.8. The van der Waals surface area contributed by atoms with Crippen LogP contribution >= 0.6 is 22.9 Å². The molecule has 43 heavy (non-hydrogen) atoms. The third-order valence-corrected chi connectivity index (χ3v) is 7.90. The number of halogens is 1. The van der Waals surface area contributed by atoms with Gasteiger partial charge >= 0.3 is 0 Å². The molecule has 9 heteroatoms. The summed E-state index contributed by atoms with van der Waals surface area (Å²) in [4.78, 5) is 38.0. The second-order valence-corrected chi connectivity index (χ2v) is 12.0. The number of carbonyl (C=O) groups excluding carboxylic acids is 3. The minimum atomic E-state index is -0.649. The standard InChI is InChI=1S/C22H35N3O2.C5H3ClOS.C3H9N.2C2H6/c1-6-7-9-17-10-8-13-25(15-17)20(26)19-12-11-18(14-16(19)2)24-21(27)22(3,4)23-5;6-5-2-1-4(3-7)8-5;1-3-4-2;2*1-2/h11-12,14,17,23H,6-10,13,15H2,1-5H3,(H,24,27);1-3H;4H,3H2,1-2H3;2*1-2H3. The molecule has 1 unspecified atom stereocenters. The fourth-order valence-corrected chi connectivity index (χ4v) is 4.80. The van der Waals surface area contributed by atoms with Crippen LogP contribution in [-0.2, 0) is 4.79 Å². The van der Waals surface area contributed by atoms with Crippen LogP contribution in [0.5, 0.6) is 0 Å². The van der Waals surface area contributed by atoms with Crippen molar-refractivity contribution in [3.05, 3.63) is 50.7 Å². The van der Waals surface area contributed by atoms with Gasteiger partial charge < -0.3 is 20.9 Å². The van der Waals surface area contributed by atoms with Crippen molar-refractivity contribution in [3.8, 4) is 0 Å². The highest BCUT2D eigenvalue weighted by atomic mass is 35.5. The number of benzene rings is 1. The molecule has 1 fully saturated rings. The number of carbonyl (C=O) groups is 3. The van der Waals surface area contributed by atoms with Crippen LogP contribution in [0.1, 0.15) is 113 Å². The Kier molecular flexibility index (Phi) is 25.0. The van der Waals surface area contributed by atoms with Crippen LogP contribution in [0.4, 0.5) is 5.69 Å². The number of thiophene rings is 1. The van der Waals surface area contributed by atoms with Gasteiger partial charge in [0, 0.05) is 24.3 Å². The predicted molar refractivity (Wildman–Crippen MR) is 188 cm³/mol. The average molecular weight is 639 g/mol. The Balaban J connectivity index is 0. The summed E-state index contributed by atoms with van der Waals surface area (Å²) in [5.41, 5.74) is 1.70. The summed E-state index contributed by atoms with van der Waals surface area (Å²) in [6.07, 6.45) is 6.77. The Morgan fingerprint density at radius 2 is 1.72 bits per heavy atom. The summed E-state index contributed by atoms with van der Waals surface area (Å²) in [5, 5.41) is 8.85. The number of nitrogens with one attached hydrogen (secondary N) is 3. The lowest BCUT2D eigenvalue weighted by Crippen LogP contribution is -2.47. The number of nitrogens with zero attached hydrogens (tertiary/aromatic N) is 1. The third kappa shape index (κ3) is 17.0. The van der Waals surface area contributed by atoms with Gasteiger partial charge in [0.25, 0.3) is 5.91 Å². The first-order valence-corrected chi connectivity index (χ1v) is 17.0. The van der Waals surface area contributed by atoms with Gasteiger partial charge in [-0.05, 0) is 102 Å². The lowest BCUT2D eigenvalue weighted by Gasteiger charge is -2.33. The fraction of sp³-hybridized carbons (Fsp3) is 0.618. The Morgan fingerprint density at radius 1 is 1.09 bits per heavy atom. The molecule has 0 radical (unpaired) electrons. The number of aryl methyl sites for hydroxylation is 1. The molecule has 1 aromatic carbocycles. The molecule has 2 amide bonds. The molecule has 0 aliphatic carbocycles. The quantitative estimate of drug-likeness (QED) is 0.240. The second kappa shape index (κ2) is 25.1. The van der Waals surface area contributed by atoms with Crippen molar-refractivity contribution in [3.63, 3.8) is 0 Å². The number of likely N-dealkylation sites (tertiary alicyclic amines) is 1. The number of hydrogen-bond acceptors (Lipinski definition) is 6. The van der Waals surface area contributed by atoms with Crippen molar-refractivity contribution >= 4 is 46.7 Å². The molecule has 2 aromatic rings. The van der Waals surface area contributed by atoms with Gasteiger partial charge in [-0.3, -0.25) is 14.4 Å². The van der Waals surface area contributed by atoms with Gasteiger partial charge in [-0.2, -0.15) is 0 Å². The van der Waals surface area contributed by atoms with E-state index in [0.29, 0.717) is 15.1 Å². The minimum absolute atomic E-state index is 0.0988. The predicted octanol–water partition coefficient (Wildman–Crippen LogP) is 8.47. The third-order valence-electron chi connectivity index (χ3n) is 6.74. The lowest BCUT2D eigenvalue weighted by molar-refractivity contribution is -0.121. The SMILES string of the molecule is CC.CC.CCCCC1CCCN(C(=O)c2ccc(NC(=O)C(C)(C)NC)cc2C)C1.CCNC.O=Cc1ccc(Cl)s1. The molecule has 1 aromatic heterocycles. The maximum atomic E-state index is 13.0. The van der Waals surface area contributed by atoms with E-state index >= 15 is 0 Å². The zero-order valence-corrected chi connectivity index (χ0v) is 30.2. The molecule has 0 bridgehead atoms. The number of amides is 2. The molecular weight excluding hydrogens is 580 g/mol. The maximum absolute atomic E-state index is 13.0. The molecule has 1 aliphatic rings. The van der Waals surface area contributed by atoms with E-state index in [1.54, 1.807) is 19.2 Å². The van der Waals surface area contributed by atoms with Gasteiger partial charge in [-0.15, -0.1) is 11.3 Å². The number of piperidine rings is 1. The smallest absolute Gasteiger partial charge is 0.254 e. The maximum Gasteiger partial charge on any atom is 0.254 e. The Bertz CT molecular complexity index is 1040. The van der Waals surface area contributed by atoms with Gasteiger partial charge in [0.15, 0.2) is 6.29 Å². The highest BCUT2D eigenvalue weighted by Gasteiger charge is 2.27. The molecule has 1 saturated heterocycles. The van der Waals surface area contributed by atoms with E-state index in [1.165, 1.54) is 37.0 Å². The summed E-state index contributed by atoms with van der Waals surface area (Å²) in [7, 11) is 3.69. The largest absolute Gasteiger partial charge is 0.338 e. The van der Waals surface area contributed by atoms with Crippen molar-refractivity contribution in [1.29, 1.82) is 0 Å². The van der Waals surface area contributed by atoms with Crippen LogP contribution in [0.3, 0.4) is 0 Å². The Labute approximate surface area is 271 Å². The van der Waals surface area contributed by atoms with Crippen molar-refractivity contribution in [2.24, 2.45) is 5.92 Å². The van der Waals surface area contributed by atoms with Crippen molar-refractivity contribution < 1.29 is 14.4 Å². The number of rotatable bonds is 9. The normalized spacial score (nSPS) is 13.8. The number of anilines is 1. The van der Waals surface area contributed by atoms with Gasteiger partial charge in [0.05, 0.1) is 14.8 Å². The van der Waals surface area contributed by atoms with Gasteiger partial charge in [-0.1, -0.05) is 66.0 Å². The molecule has 2 heterocycles. The van der Waals surface area contributed by atoms with E-state index in [4.69, 9.17) is 11.6 Å². The van der Waals surface area contributed by atoms with Gasteiger partial charge in [0.2, 0.25) is 5.91 Å². The van der Waals surface area contributed by atoms with Crippen LogP contribution in [0.15, 0.2) is 30.3 Å². The van der Waals surface area contributed by atoms with E-state index in [9.17, 15) is 14.4 Å². The fourth-order valence-electron chi connectivity index (χ4n) is 3.92. The first-order chi connectivity index (χ1) is 20.5. The van der Waals surface area contributed by atoms with Crippen LogP contribution < -0.4 is 16.0 Å². The number of unbranched alkanes of at least 4 members (excludes halogenated alkanes) is 1. The second-order valence-electron chi connectivity index (χ2n) is 10.2. The van der Waals surface area contributed by atoms with E-state index in [1.807, 2.05) is 78.6 Å². The number of likely N-dealkylation sites (N-methyl/N-ethyl adjacent to an activating group) is 1. The van der Waals surface area contributed by atoms with Crippen molar-refractivity contribution in [2.45, 2.75) is 100.0 Å². The lowest BCUT2D eigenvalue weighted by atomic mass is 9.92. The minimum Gasteiger partial charge on any atom is -0.338 e. The zero-order valence-electron chi connectivity index (χ0n) is 28.7. The van der Waals surface area contributed by atoms with Crippen LogP contribution in [0, 0.1) is 12.8 Å². The Hall–Kier alpha value is -2.26. The van der Waals surface area contributed by atoms with E-state index in [2.05, 4.69) is 29.8 Å². The highest BCUT2D eigenvalue weighted by molar-refractivity contribution is 7.17. The highest BCUT2D eigenvalue weighted by Crippen LogP contribution is 2.25. The molecule has 1 aliphatic heterocycles. The summed E-state index contributed by atoms with van der Waals surface area (Å²) in [5.74, 6) is 0.644. The van der Waals surface area contributed by atoms with Crippen molar-refractivity contribution in [2.75, 3.05) is 39.0 Å². The topological polar surface area (TPSA) is 90.5 Å². The van der Waals surface area contributed by atoms with Crippen LogP contribution in [0.2, 0.25) is 4.34 Å². The summed E-state index contributed by atoms with van der Waals surface area (Å²) >= 11 is 6.78. The molecule has 246 valence electrons. The molecule has 3 N–H and O–H groups in total. The summed E-state index contributed by atoms with van der Waals surface area (Å²) in [6.45, 7) is 20.7. The summed E-state index contributed by atoms with van der Waals surface area (Å²) in [6, 6.07) is 8.95. The van der Waals surface area contributed by atoms with E-state index < -0.39 is 5.54 Å². The van der Waals surface area contributed by atoms with E-state index in [0.717, 1.165) is 49.2 Å². The monoisotopic (exact) mass is 638 g/mol. The first kappa shape index (κ1) is 42.9. The molecule has 0 spiro atoms. The molecule has 7 nitrogen and oxygen atoms in total. The Morgan fingerprint density at radius 3 is 2.16 bits per heavy atom. The van der Waals surface area contributed by atoms with Gasteiger partial charge in [0.1, 0.15) is 0 Å². The molecule has 3 rings (SSSR count). The van der Waals surface area contributed by atoms with Crippen molar-refractivity contribution in [1.82, 2.24) is 15.5 Å². The van der Waals surface area contributed by atoms with Gasteiger partial charge in [-0.25, -0.2) is 0 Å². The molecular formula is C34H59ClN4O3S. The van der Waals surface area contributed by atoms with Crippen LogP contribution in [0.25, 0.3) is 0 Å². The molecule has 0 saturated carbocycles. The molecule has 1 atom stereocenters. The average Bonchev–Trinajstić information content (AvgIpc) is 3.47. The summed E-state index contributed by atoms with van der Waals surface area (Å²) < 4.78 is 0.659. The number of hydrogen-bond donors (Lipinski definition) is 3.